The van der Waals surface area contributed by atoms with Crippen molar-refractivity contribution >= 4 is 29.0 Å². The van der Waals surface area contributed by atoms with Crippen molar-refractivity contribution in [2.45, 2.75) is 19.4 Å². The topological polar surface area (TPSA) is 42.1 Å². The molecule has 1 aromatic heterocycles. The maximum absolute atomic E-state index is 5.75. The van der Waals surface area contributed by atoms with Gasteiger partial charge in [0, 0.05) is 23.8 Å². The smallest absolute Gasteiger partial charge is 0.0722 e. The maximum atomic E-state index is 5.75. The molecule has 0 aliphatic carbocycles. The second-order valence-electron chi connectivity index (χ2n) is 4.78. The van der Waals surface area contributed by atoms with Crippen molar-refractivity contribution in [3.8, 4) is 0 Å². The Bertz CT molecular complexity index is 536. The molecule has 0 saturated carbocycles. The fraction of sp³-hybridized carbons (Fsp3) is 0.357. The summed E-state index contributed by atoms with van der Waals surface area (Å²) in [5.41, 5.74) is 8.80. The molecule has 18 heavy (non-hydrogen) atoms. The van der Waals surface area contributed by atoms with Crippen molar-refractivity contribution in [2.24, 2.45) is 0 Å². The molecule has 0 radical (unpaired) electrons. The summed E-state index contributed by atoms with van der Waals surface area (Å²) in [7, 11) is 0. The third-order valence-corrected chi connectivity index (χ3v) is 3.37. The number of halogens is 1. The molecule has 3 nitrogen and oxygen atoms in total. The van der Waals surface area contributed by atoms with E-state index < -0.39 is 0 Å². The van der Waals surface area contributed by atoms with Crippen molar-refractivity contribution < 1.29 is 0 Å². The van der Waals surface area contributed by atoms with Crippen LogP contribution >= 0.6 is 12.4 Å². The highest BCUT2D eigenvalue weighted by Crippen LogP contribution is 2.18. The predicted octanol–water partition coefficient (Wildman–Crippen LogP) is 2.83. The summed E-state index contributed by atoms with van der Waals surface area (Å²) in [6, 6.07) is 8.13. The number of aromatic nitrogens is 1. The number of pyridine rings is 1. The first-order chi connectivity index (χ1) is 8.31. The Balaban J connectivity index is 0.00000120. The molecule has 2 aromatic rings. The van der Waals surface area contributed by atoms with Gasteiger partial charge in [-0.05, 0) is 49.7 Å². The summed E-state index contributed by atoms with van der Waals surface area (Å²) in [4.78, 5) is 6.96. The van der Waals surface area contributed by atoms with Gasteiger partial charge in [-0.3, -0.25) is 9.88 Å². The highest BCUT2D eigenvalue weighted by Gasteiger charge is 2.11. The Hall–Kier alpha value is -1.32. The fourth-order valence-electron chi connectivity index (χ4n) is 2.47. The van der Waals surface area contributed by atoms with Gasteiger partial charge >= 0.3 is 0 Å². The predicted molar refractivity (Wildman–Crippen MR) is 77.9 cm³/mol. The van der Waals surface area contributed by atoms with Gasteiger partial charge in [0.1, 0.15) is 0 Å². The standard InChI is InChI=1S/C14H17N3.ClH/c15-13-4-3-12-7-11(9-16-14(12)8-13)10-17-5-1-2-6-17;/h3-4,7-9H,1-2,5-6,10,15H2;1H. The van der Waals surface area contributed by atoms with Crippen LogP contribution in [0.2, 0.25) is 0 Å². The van der Waals surface area contributed by atoms with E-state index in [2.05, 4.69) is 16.0 Å². The van der Waals surface area contributed by atoms with Crippen LogP contribution in [0.25, 0.3) is 10.9 Å². The van der Waals surface area contributed by atoms with Crippen LogP contribution < -0.4 is 5.73 Å². The van der Waals surface area contributed by atoms with Gasteiger partial charge in [-0.1, -0.05) is 6.07 Å². The Morgan fingerprint density at radius 1 is 1.17 bits per heavy atom. The number of nitrogens with two attached hydrogens (primary N) is 1. The molecule has 2 heterocycles. The minimum absolute atomic E-state index is 0. The van der Waals surface area contributed by atoms with E-state index >= 15 is 0 Å². The molecular weight excluding hydrogens is 246 g/mol. The van der Waals surface area contributed by atoms with E-state index in [1.165, 1.54) is 36.9 Å². The molecule has 0 amide bonds. The highest BCUT2D eigenvalue weighted by molar-refractivity contribution is 5.85. The number of anilines is 1. The number of benzene rings is 1. The lowest BCUT2D eigenvalue weighted by atomic mass is 10.1. The van der Waals surface area contributed by atoms with Gasteiger partial charge in [0.2, 0.25) is 0 Å². The number of fused-ring (bicyclic) bond motifs is 1. The Kier molecular flexibility index (Phi) is 4.04. The van der Waals surface area contributed by atoms with Gasteiger partial charge in [0.25, 0.3) is 0 Å². The van der Waals surface area contributed by atoms with E-state index in [1.54, 1.807) is 0 Å². The van der Waals surface area contributed by atoms with E-state index in [-0.39, 0.29) is 12.4 Å². The van der Waals surface area contributed by atoms with Crippen LogP contribution in [0.15, 0.2) is 30.5 Å². The Morgan fingerprint density at radius 3 is 2.72 bits per heavy atom. The van der Waals surface area contributed by atoms with Gasteiger partial charge in [0.15, 0.2) is 0 Å². The number of nitrogens with zero attached hydrogens (tertiary/aromatic N) is 2. The van der Waals surface area contributed by atoms with Crippen LogP contribution in [-0.2, 0) is 6.54 Å². The van der Waals surface area contributed by atoms with E-state index in [0.717, 1.165) is 17.7 Å². The average Bonchev–Trinajstić information content (AvgIpc) is 2.82. The van der Waals surface area contributed by atoms with E-state index in [1.807, 2.05) is 24.4 Å². The first-order valence-corrected chi connectivity index (χ1v) is 6.18. The molecule has 3 rings (SSSR count). The normalized spacial score (nSPS) is 15.8. The van der Waals surface area contributed by atoms with Crippen LogP contribution in [0.5, 0.6) is 0 Å². The fourth-order valence-corrected chi connectivity index (χ4v) is 2.47. The number of hydrogen-bond donors (Lipinski definition) is 1. The SMILES string of the molecule is Cl.Nc1ccc2cc(CN3CCCC3)cnc2c1. The average molecular weight is 264 g/mol. The number of hydrogen-bond acceptors (Lipinski definition) is 3. The van der Waals surface area contributed by atoms with Gasteiger partial charge in [0.05, 0.1) is 5.52 Å². The molecule has 1 aromatic carbocycles. The lowest BCUT2D eigenvalue weighted by Crippen LogP contribution is -2.18. The van der Waals surface area contributed by atoms with Gasteiger partial charge in [-0.2, -0.15) is 0 Å². The van der Waals surface area contributed by atoms with E-state index in [0.29, 0.717) is 0 Å². The zero-order chi connectivity index (χ0) is 11.7. The molecule has 1 aliphatic heterocycles. The number of likely N-dealkylation sites (tertiary alicyclic amines) is 1. The summed E-state index contributed by atoms with van der Waals surface area (Å²) in [6.45, 7) is 3.47. The van der Waals surface area contributed by atoms with Crippen LogP contribution in [0.1, 0.15) is 18.4 Å². The lowest BCUT2D eigenvalue weighted by molar-refractivity contribution is 0.331. The summed E-state index contributed by atoms with van der Waals surface area (Å²) >= 11 is 0. The van der Waals surface area contributed by atoms with Crippen molar-refractivity contribution in [2.75, 3.05) is 18.8 Å². The zero-order valence-corrected chi connectivity index (χ0v) is 11.1. The molecule has 1 aliphatic rings. The lowest BCUT2D eigenvalue weighted by Gasteiger charge is -2.14. The van der Waals surface area contributed by atoms with Crippen molar-refractivity contribution in [3.05, 3.63) is 36.0 Å². The number of rotatable bonds is 2. The maximum Gasteiger partial charge on any atom is 0.0722 e. The Morgan fingerprint density at radius 2 is 1.94 bits per heavy atom. The molecule has 2 N–H and O–H groups in total. The van der Waals surface area contributed by atoms with Gasteiger partial charge < -0.3 is 5.73 Å². The molecule has 96 valence electrons. The number of nitrogen functional groups attached to an aromatic ring is 1. The highest BCUT2D eigenvalue weighted by atomic mass is 35.5. The van der Waals surface area contributed by atoms with Crippen LogP contribution in [0.4, 0.5) is 5.69 Å². The summed E-state index contributed by atoms with van der Waals surface area (Å²) in [5.74, 6) is 0. The van der Waals surface area contributed by atoms with E-state index in [9.17, 15) is 0 Å². The molecule has 0 unspecified atom stereocenters. The molecule has 0 atom stereocenters. The quantitative estimate of drug-likeness (QED) is 0.848. The first-order valence-electron chi connectivity index (χ1n) is 6.18. The minimum Gasteiger partial charge on any atom is -0.399 e. The minimum atomic E-state index is 0. The molecule has 0 spiro atoms. The van der Waals surface area contributed by atoms with Crippen molar-refractivity contribution in [3.63, 3.8) is 0 Å². The summed E-state index contributed by atoms with van der Waals surface area (Å²) < 4.78 is 0. The molecule has 4 heteroatoms. The third-order valence-electron chi connectivity index (χ3n) is 3.37. The van der Waals surface area contributed by atoms with Crippen molar-refractivity contribution in [1.29, 1.82) is 0 Å². The second-order valence-corrected chi connectivity index (χ2v) is 4.78. The molecule has 0 bridgehead atoms. The summed E-state index contributed by atoms with van der Waals surface area (Å²) in [6.07, 6.45) is 4.63. The third kappa shape index (κ3) is 2.74. The molecule has 1 fully saturated rings. The van der Waals surface area contributed by atoms with E-state index in [4.69, 9.17) is 5.73 Å². The van der Waals surface area contributed by atoms with Crippen LogP contribution in [0, 0.1) is 0 Å². The summed E-state index contributed by atoms with van der Waals surface area (Å²) in [5, 5.41) is 1.18. The Labute approximate surface area is 113 Å². The van der Waals surface area contributed by atoms with Crippen LogP contribution in [-0.4, -0.2) is 23.0 Å². The van der Waals surface area contributed by atoms with Gasteiger partial charge in [-0.25, -0.2) is 0 Å². The molecular formula is C14H18ClN3. The monoisotopic (exact) mass is 263 g/mol. The second kappa shape index (κ2) is 5.55. The van der Waals surface area contributed by atoms with Gasteiger partial charge in [-0.15, -0.1) is 12.4 Å². The van der Waals surface area contributed by atoms with Crippen LogP contribution in [0.3, 0.4) is 0 Å². The zero-order valence-electron chi connectivity index (χ0n) is 10.3. The largest absolute Gasteiger partial charge is 0.399 e. The first kappa shape index (κ1) is 13.1. The molecule has 1 saturated heterocycles. The van der Waals surface area contributed by atoms with Crippen molar-refractivity contribution in [1.82, 2.24) is 9.88 Å².